The fourth-order valence-electron chi connectivity index (χ4n) is 4.41. The number of piperidine rings is 1. The van der Waals surface area contributed by atoms with E-state index in [-0.39, 0.29) is 35.1 Å². The largest absolute Gasteiger partial charge is 0.490 e. The highest BCUT2D eigenvalue weighted by atomic mass is 19.4. The van der Waals surface area contributed by atoms with E-state index in [1.54, 1.807) is 43.9 Å². The molecule has 38 heavy (non-hydrogen) atoms. The number of amides is 1. The molecule has 0 spiro atoms. The Hall–Kier alpha value is -4.00. The molecule has 4 rings (SSSR count). The van der Waals surface area contributed by atoms with Crippen molar-refractivity contribution in [3.05, 3.63) is 53.7 Å². The number of H-pyrrole nitrogens is 1. The fraction of sp³-hybridized carbons (Fsp3) is 0.393. The number of nitrogens with zero attached hydrogens (tertiary/aromatic N) is 2. The predicted octanol–water partition coefficient (Wildman–Crippen LogP) is 6.73. The van der Waals surface area contributed by atoms with Crippen LogP contribution in [0.5, 0.6) is 5.75 Å². The van der Waals surface area contributed by atoms with Crippen LogP contribution in [-0.4, -0.2) is 46.6 Å². The molecule has 3 aromatic rings. The average Bonchev–Trinajstić information content (AvgIpc) is 3.26. The molecule has 1 aliphatic rings. The molecule has 2 aromatic carbocycles. The second-order valence-corrected chi connectivity index (χ2v) is 10.2. The lowest BCUT2D eigenvalue weighted by Gasteiger charge is -2.34. The minimum absolute atomic E-state index is 0.0532. The number of likely N-dealkylation sites (tertiary alicyclic amines) is 1. The summed E-state index contributed by atoms with van der Waals surface area (Å²) in [5, 5.41) is 9.43. The lowest BCUT2D eigenvalue weighted by molar-refractivity contribution is -0.137. The van der Waals surface area contributed by atoms with E-state index in [4.69, 9.17) is 14.7 Å². The molecule has 1 aliphatic heterocycles. The molecular formula is C28H28F3N3O4. The third-order valence-electron chi connectivity index (χ3n) is 6.17. The number of ketones is 1. The van der Waals surface area contributed by atoms with Gasteiger partial charge < -0.3 is 19.4 Å². The molecule has 1 fully saturated rings. The maximum Gasteiger partial charge on any atom is 0.417 e. The summed E-state index contributed by atoms with van der Waals surface area (Å²) in [5.41, 5.74) is -0.616. The van der Waals surface area contributed by atoms with Crippen molar-refractivity contribution in [3.8, 4) is 22.9 Å². The molecule has 7 nitrogen and oxygen atoms in total. The first-order valence-electron chi connectivity index (χ1n) is 12.2. The van der Waals surface area contributed by atoms with Gasteiger partial charge in [0.15, 0.2) is 5.78 Å². The van der Waals surface area contributed by atoms with Gasteiger partial charge in [-0.1, -0.05) is 18.2 Å². The minimum atomic E-state index is -4.59. The van der Waals surface area contributed by atoms with Crippen LogP contribution in [0.15, 0.2) is 42.5 Å². The number of benzene rings is 2. The number of carbonyl (C=O) groups is 2. The molecule has 1 aromatic heterocycles. The number of hydrogen-bond acceptors (Lipinski definition) is 5. The monoisotopic (exact) mass is 527 g/mol. The lowest BCUT2D eigenvalue weighted by Crippen LogP contribution is -2.44. The molecule has 0 atom stereocenters. The van der Waals surface area contributed by atoms with Gasteiger partial charge in [0.25, 0.3) is 0 Å². The van der Waals surface area contributed by atoms with Gasteiger partial charge in [-0.2, -0.15) is 18.4 Å². The molecule has 2 heterocycles. The van der Waals surface area contributed by atoms with E-state index < -0.39 is 29.2 Å². The van der Waals surface area contributed by atoms with Gasteiger partial charge in [0, 0.05) is 42.4 Å². The van der Waals surface area contributed by atoms with E-state index in [2.05, 4.69) is 4.98 Å². The van der Waals surface area contributed by atoms with Gasteiger partial charge in [-0.3, -0.25) is 4.79 Å². The summed E-state index contributed by atoms with van der Waals surface area (Å²) in [6.45, 7) is 6.13. The Morgan fingerprint density at radius 3 is 2.39 bits per heavy atom. The summed E-state index contributed by atoms with van der Waals surface area (Å²) in [5.74, 6) is -0.180. The molecule has 0 saturated carbocycles. The van der Waals surface area contributed by atoms with Crippen LogP contribution in [0.25, 0.3) is 22.0 Å². The Bertz CT molecular complexity index is 1390. The first-order valence-corrected chi connectivity index (χ1v) is 12.2. The zero-order valence-corrected chi connectivity index (χ0v) is 21.3. The number of nitrogens with one attached hydrogen (secondary N) is 1. The quantitative estimate of drug-likeness (QED) is 0.371. The van der Waals surface area contributed by atoms with Gasteiger partial charge in [0.2, 0.25) is 0 Å². The molecule has 0 unspecified atom stereocenters. The number of hydrogen-bond donors (Lipinski definition) is 1. The van der Waals surface area contributed by atoms with Gasteiger partial charge in [-0.15, -0.1) is 0 Å². The summed E-state index contributed by atoms with van der Waals surface area (Å²) in [7, 11) is 0. The topological polar surface area (TPSA) is 95.4 Å². The number of aromatic nitrogens is 1. The van der Waals surface area contributed by atoms with Crippen molar-refractivity contribution in [1.29, 1.82) is 5.26 Å². The number of nitriles is 1. The summed E-state index contributed by atoms with van der Waals surface area (Å²) < 4.78 is 53.4. The number of alkyl halides is 3. The van der Waals surface area contributed by atoms with Crippen molar-refractivity contribution < 1.29 is 32.2 Å². The number of fused-ring (bicyclic) bond motifs is 1. The molecule has 0 radical (unpaired) electrons. The highest BCUT2D eigenvalue weighted by Gasteiger charge is 2.35. The van der Waals surface area contributed by atoms with E-state index >= 15 is 0 Å². The van der Waals surface area contributed by atoms with E-state index in [1.807, 2.05) is 0 Å². The summed E-state index contributed by atoms with van der Waals surface area (Å²) in [6.07, 6.45) is -4.74. The molecule has 0 bridgehead atoms. The second-order valence-electron chi connectivity index (χ2n) is 10.2. The van der Waals surface area contributed by atoms with Gasteiger partial charge in [0.05, 0.1) is 17.3 Å². The maximum atomic E-state index is 13.9. The summed E-state index contributed by atoms with van der Waals surface area (Å²) in [6, 6.07) is 11.8. The van der Waals surface area contributed by atoms with Crippen molar-refractivity contribution >= 4 is 22.8 Å². The molecule has 10 heteroatoms. The number of Topliss-reactive ketones (excluding diaryl/α,β-unsaturated/α-hetero) is 1. The summed E-state index contributed by atoms with van der Waals surface area (Å²) in [4.78, 5) is 29.2. The number of halogens is 3. The molecule has 1 saturated heterocycles. The van der Waals surface area contributed by atoms with Crippen LogP contribution in [0.3, 0.4) is 0 Å². The Morgan fingerprint density at radius 1 is 1.08 bits per heavy atom. The van der Waals surface area contributed by atoms with Gasteiger partial charge in [-0.05, 0) is 50.6 Å². The molecule has 200 valence electrons. The lowest BCUT2D eigenvalue weighted by atomic mass is 9.97. The second kappa shape index (κ2) is 10.4. The van der Waals surface area contributed by atoms with Crippen LogP contribution < -0.4 is 4.74 Å². The van der Waals surface area contributed by atoms with Crippen molar-refractivity contribution in [2.75, 3.05) is 13.1 Å². The zero-order valence-electron chi connectivity index (χ0n) is 21.3. The zero-order chi connectivity index (χ0) is 27.7. The van der Waals surface area contributed by atoms with Gasteiger partial charge in [-0.25, -0.2) is 4.79 Å². The SMILES string of the molecule is CC(C)(C)OC(=O)N1CCC(Oc2cc3cc(C(=O)CC#N)[nH]c3cc2-c2ccccc2C(F)(F)F)CC1. The first kappa shape index (κ1) is 27.0. The van der Waals surface area contributed by atoms with Crippen LogP contribution in [-0.2, 0) is 10.9 Å². The van der Waals surface area contributed by atoms with Gasteiger partial charge >= 0.3 is 12.3 Å². The molecule has 1 N–H and O–H groups in total. The smallest absolute Gasteiger partial charge is 0.417 e. The maximum absolute atomic E-state index is 13.9. The van der Waals surface area contributed by atoms with Crippen molar-refractivity contribution in [2.45, 2.75) is 57.9 Å². The minimum Gasteiger partial charge on any atom is -0.490 e. The van der Waals surface area contributed by atoms with Crippen molar-refractivity contribution in [2.24, 2.45) is 0 Å². The van der Waals surface area contributed by atoms with Crippen LogP contribution in [0.1, 0.15) is 56.1 Å². The van der Waals surface area contributed by atoms with E-state index in [0.717, 1.165) is 6.07 Å². The molecule has 0 aliphatic carbocycles. The Labute approximate surface area is 218 Å². The van der Waals surface area contributed by atoms with Crippen molar-refractivity contribution in [3.63, 3.8) is 0 Å². The number of aromatic amines is 1. The number of rotatable bonds is 5. The third kappa shape index (κ3) is 6.10. The highest BCUT2D eigenvalue weighted by molar-refractivity contribution is 6.01. The van der Waals surface area contributed by atoms with E-state index in [0.29, 0.717) is 36.8 Å². The third-order valence-corrected chi connectivity index (χ3v) is 6.17. The Kier molecular flexibility index (Phi) is 7.40. The molecule has 1 amide bonds. The highest BCUT2D eigenvalue weighted by Crippen LogP contribution is 2.42. The normalized spacial score (nSPS) is 14.8. The van der Waals surface area contributed by atoms with E-state index in [1.165, 1.54) is 24.3 Å². The summed E-state index contributed by atoms with van der Waals surface area (Å²) >= 11 is 0. The van der Waals surface area contributed by atoms with Crippen LogP contribution in [0, 0.1) is 11.3 Å². The van der Waals surface area contributed by atoms with Gasteiger partial charge in [0.1, 0.15) is 23.9 Å². The van der Waals surface area contributed by atoms with Crippen LogP contribution in [0.4, 0.5) is 18.0 Å². The number of ether oxygens (including phenoxy) is 2. The number of carbonyl (C=O) groups excluding carboxylic acids is 2. The van der Waals surface area contributed by atoms with Crippen molar-refractivity contribution in [1.82, 2.24) is 9.88 Å². The fourth-order valence-corrected chi connectivity index (χ4v) is 4.41. The Balaban J connectivity index is 1.68. The standard InChI is InChI=1S/C28H28F3N3O4/c1-27(2,3)38-26(36)34-12-9-18(10-13-34)37-25-15-17-14-23(24(35)8-11-32)33-22(17)16-20(25)19-6-4-5-7-21(19)28(29,30)31/h4-7,14-16,18,33H,8-10,12-13H2,1-3H3. The molecular weight excluding hydrogens is 499 g/mol. The average molecular weight is 528 g/mol. The van der Waals surface area contributed by atoms with Crippen LogP contribution in [0.2, 0.25) is 0 Å². The Morgan fingerprint density at radius 2 is 1.76 bits per heavy atom. The van der Waals surface area contributed by atoms with E-state index in [9.17, 15) is 22.8 Å². The first-order chi connectivity index (χ1) is 17.9. The predicted molar refractivity (Wildman–Crippen MR) is 135 cm³/mol. The van der Waals surface area contributed by atoms with Crippen LogP contribution >= 0.6 is 0 Å².